The van der Waals surface area contributed by atoms with Crippen LogP contribution in [0.2, 0.25) is 0 Å². The summed E-state index contributed by atoms with van der Waals surface area (Å²) in [6.45, 7) is 5.61. The first kappa shape index (κ1) is 15.1. The van der Waals surface area contributed by atoms with Crippen molar-refractivity contribution in [1.29, 1.82) is 0 Å². The minimum atomic E-state index is -0.953. The van der Waals surface area contributed by atoms with Crippen LogP contribution in [0, 0.1) is 5.92 Å². The summed E-state index contributed by atoms with van der Waals surface area (Å²) in [5.41, 5.74) is 0. The van der Waals surface area contributed by atoms with Crippen LogP contribution in [0.25, 0.3) is 0 Å². The van der Waals surface area contributed by atoms with Crippen molar-refractivity contribution in [3.8, 4) is 0 Å². The number of nitrogens with one attached hydrogen (secondary N) is 1. The molecule has 0 spiro atoms. The molecule has 0 aromatic heterocycles. The van der Waals surface area contributed by atoms with Gasteiger partial charge in [0.2, 0.25) is 0 Å². The van der Waals surface area contributed by atoms with E-state index >= 15 is 0 Å². The highest BCUT2D eigenvalue weighted by Gasteiger charge is 2.34. The monoisotopic (exact) mass is 276 g/mol. The largest absolute Gasteiger partial charge is 0.480 e. The Kier molecular flexibility index (Phi) is 6.28. The minimum Gasteiger partial charge on any atom is -0.480 e. The normalized spacial score (nSPS) is 19.3. The Labute approximate surface area is 111 Å². The van der Waals surface area contributed by atoms with Gasteiger partial charge in [-0.3, -0.25) is 0 Å². The van der Waals surface area contributed by atoms with Gasteiger partial charge in [0.25, 0.3) is 0 Å². The molecule has 0 saturated carbocycles. The number of amides is 2. The van der Waals surface area contributed by atoms with E-state index < -0.39 is 12.0 Å². The van der Waals surface area contributed by atoms with Gasteiger partial charge in [-0.25, -0.2) is 9.59 Å². The summed E-state index contributed by atoms with van der Waals surface area (Å²) in [6.07, 6.45) is 0. The highest BCUT2D eigenvalue weighted by molar-refractivity contribution is 7.99. The van der Waals surface area contributed by atoms with Crippen LogP contribution >= 0.6 is 11.8 Å². The smallest absolute Gasteiger partial charge is 0.327 e. The number of carbonyl (C=O) groups is 2. The summed E-state index contributed by atoms with van der Waals surface area (Å²) >= 11 is 1.45. The lowest BCUT2D eigenvalue weighted by atomic mass is 10.2. The van der Waals surface area contributed by atoms with Crippen molar-refractivity contribution >= 4 is 23.8 Å². The summed E-state index contributed by atoms with van der Waals surface area (Å²) in [7, 11) is 0. The van der Waals surface area contributed by atoms with Gasteiger partial charge in [-0.2, -0.15) is 0 Å². The quantitative estimate of drug-likeness (QED) is 0.702. The van der Waals surface area contributed by atoms with E-state index in [2.05, 4.69) is 19.2 Å². The molecule has 18 heavy (non-hydrogen) atoms. The van der Waals surface area contributed by atoms with Crippen molar-refractivity contribution in [2.75, 3.05) is 31.4 Å². The van der Waals surface area contributed by atoms with Crippen LogP contribution in [-0.4, -0.2) is 59.4 Å². The van der Waals surface area contributed by atoms with E-state index in [0.717, 1.165) is 0 Å². The van der Waals surface area contributed by atoms with Crippen molar-refractivity contribution in [3.63, 3.8) is 0 Å². The molecule has 2 N–H and O–H groups in total. The molecule has 1 atom stereocenters. The SMILES string of the molecule is CC(C)COCCNC(=O)N1CSCC1C(=O)O. The van der Waals surface area contributed by atoms with Gasteiger partial charge in [-0.15, -0.1) is 11.8 Å². The zero-order valence-corrected chi connectivity index (χ0v) is 11.5. The average molecular weight is 276 g/mol. The maximum Gasteiger partial charge on any atom is 0.327 e. The molecule has 1 fully saturated rings. The fourth-order valence-electron chi connectivity index (χ4n) is 1.50. The van der Waals surface area contributed by atoms with E-state index in [1.54, 1.807) is 0 Å². The summed E-state index contributed by atoms with van der Waals surface area (Å²) < 4.78 is 5.33. The molecule has 0 aromatic rings. The number of carboxylic acid groups (broad SMARTS) is 1. The van der Waals surface area contributed by atoms with Crippen LogP contribution in [0.1, 0.15) is 13.8 Å². The molecule has 7 heteroatoms. The fraction of sp³-hybridized carbons (Fsp3) is 0.818. The van der Waals surface area contributed by atoms with Crippen LogP contribution in [0.15, 0.2) is 0 Å². The van der Waals surface area contributed by atoms with Gasteiger partial charge in [-0.05, 0) is 5.92 Å². The van der Waals surface area contributed by atoms with E-state index in [0.29, 0.717) is 37.3 Å². The maximum atomic E-state index is 11.7. The molecule has 1 saturated heterocycles. The Morgan fingerprint density at radius 1 is 1.56 bits per heavy atom. The molecule has 104 valence electrons. The third-order valence-corrected chi connectivity index (χ3v) is 3.41. The molecule has 0 aliphatic carbocycles. The van der Waals surface area contributed by atoms with Crippen LogP contribution in [-0.2, 0) is 9.53 Å². The second kappa shape index (κ2) is 7.48. The first-order valence-corrected chi connectivity index (χ1v) is 7.10. The first-order valence-electron chi connectivity index (χ1n) is 5.95. The van der Waals surface area contributed by atoms with E-state index in [1.165, 1.54) is 16.7 Å². The number of hydrogen-bond acceptors (Lipinski definition) is 4. The van der Waals surface area contributed by atoms with Crippen LogP contribution < -0.4 is 5.32 Å². The van der Waals surface area contributed by atoms with Crippen molar-refractivity contribution in [2.24, 2.45) is 5.92 Å². The zero-order valence-electron chi connectivity index (χ0n) is 10.7. The van der Waals surface area contributed by atoms with Crippen LogP contribution in [0.3, 0.4) is 0 Å². The van der Waals surface area contributed by atoms with E-state index in [1.807, 2.05) is 0 Å². The maximum absolute atomic E-state index is 11.7. The fourth-order valence-corrected chi connectivity index (χ4v) is 2.64. The molecular formula is C11H20N2O4S. The Morgan fingerprint density at radius 3 is 2.89 bits per heavy atom. The summed E-state index contributed by atoms with van der Waals surface area (Å²) in [6, 6.07) is -1.05. The second-order valence-electron chi connectivity index (χ2n) is 4.52. The molecule has 0 aromatic carbocycles. The lowest BCUT2D eigenvalue weighted by Crippen LogP contribution is -2.47. The van der Waals surface area contributed by atoms with Crippen molar-refractivity contribution in [1.82, 2.24) is 10.2 Å². The molecule has 2 amide bonds. The van der Waals surface area contributed by atoms with Crippen LogP contribution in [0.4, 0.5) is 4.79 Å². The van der Waals surface area contributed by atoms with Crippen molar-refractivity contribution in [3.05, 3.63) is 0 Å². The highest BCUT2D eigenvalue weighted by Crippen LogP contribution is 2.20. The average Bonchev–Trinajstić information content (AvgIpc) is 2.76. The lowest BCUT2D eigenvalue weighted by molar-refractivity contribution is -0.140. The molecule has 1 heterocycles. The second-order valence-corrected chi connectivity index (χ2v) is 5.52. The predicted octanol–water partition coefficient (Wildman–Crippen LogP) is 0.828. The van der Waals surface area contributed by atoms with E-state index in [-0.39, 0.29) is 6.03 Å². The molecule has 1 aliphatic rings. The Hall–Kier alpha value is -0.950. The predicted molar refractivity (Wildman–Crippen MR) is 69.6 cm³/mol. The summed E-state index contributed by atoms with van der Waals surface area (Å²) in [5, 5.41) is 11.6. The summed E-state index contributed by atoms with van der Waals surface area (Å²) in [4.78, 5) is 24.0. The van der Waals surface area contributed by atoms with Crippen molar-refractivity contribution in [2.45, 2.75) is 19.9 Å². The van der Waals surface area contributed by atoms with Gasteiger partial charge in [0.05, 0.1) is 12.5 Å². The van der Waals surface area contributed by atoms with Gasteiger partial charge in [0.15, 0.2) is 0 Å². The standard InChI is InChI=1S/C11H20N2O4S/c1-8(2)5-17-4-3-12-11(16)13-7-18-6-9(13)10(14)15/h8-9H,3-7H2,1-2H3,(H,12,16)(H,14,15). The number of ether oxygens (including phenoxy) is 1. The lowest BCUT2D eigenvalue weighted by Gasteiger charge is -2.20. The number of nitrogens with zero attached hydrogens (tertiary/aromatic N) is 1. The Bertz CT molecular complexity index is 299. The number of urea groups is 1. The molecule has 0 bridgehead atoms. The number of thioether (sulfide) groups is 1. The van der Waals surface area contributed by atoms with Gasteiger partial charge < -0.3 is 20.1 Å². The molecule has 0 radical (unpaired) electrons. The first-order chi connectivity index (χ1) is 8.52. The van der Waals surface area contributed by atoms with E-state index in [4.69, 9.17) is 9.84 Å². The zero-order chi connectivity index (χ0) is 13.5. The van der Waals surface area contributed by atoms with Gasteiger partial charge in [-0.1, -0.05) is 13.8 Å². The molecule has 1 unspecified atom stereocenters. The third-order valence-electron chi connectivity index (χ3n) is 2.40. The Morgan fingerprint density at radius 2 is 2.28 bits per heavy atom. The molecule has 1 aliphatic heterocycles. The van der Waals surface area contributed by atoms with Crippen LogP contribution in [0.5, 0.6) is 0 Å². The number of hydrogen-bond donors (Lipinski definition) is 2. The minimum absolute atomic E-state index is 0.333. The van der Waals surface area contributed by atoms with E-state index in [9.17, 15) is 9.59 Å². The van der Waals surface area contributed by atoms with Gasteiger partial charge in [0, 0.05) is 18.9 Å². The van der Waals surface area contributed by atoms with Gasteiger partial charge in [0.1, 0.15) is 6.04 Å². The Balaban J connectivity index is 2.22. The van der Waals surface area contributed by atoms with Crippen molar-refractivity contribution < 1.29 is 19.4 Å². The molecular weight excluding hydrogens is 256 g/mol. The summed E-state index contributed by atoms with van der Waals surface area (Å²) in [5.74, 6) is 0.390. The number of aliphatic carboxylic acids is 1. The number of carbonyl (C=O) groups excluding carboxylic acids is 1. The third kappa shape index (κ3) is 4.73. The topological polar surface area (TPSA) is 78.9 Å². The number of rotatable bonds is 6. The van der Waals surface area contributed by atoms with Gasteiger partial charge >= 0.3 is 12.0 Å². The number of carboxylic acids is 1. The highest BCUT2D eigenvalue weighted by atomic mass is 32.2. The molecule has 6 nitrogen and oxygen atoms in total. The molecule has 1 rings (SSSR count).